The highest BCUT2D eigenvalue weighted by molar-refractivity contribution is 6.19. The highest BCUT2D eigenvalue weighted by Gasteiger charge is 2.19. The van der Waals surface area contributed by atoms with Gasteiger partial charge < -0.3 is 13.7 Å². The Labute approximate surface area is 329 Å². The van der Waals surface area contributed by atoms with E-state index in [1.54, 1.807) is 0 Å². The molecular weight excluding hydrogens is 691 g/mol. The van der Waals surface area contributed by atoms with Crippen LogP contribution < -0.4 is 0 Å². The lowest BCUT2D eigenvalue weighted by atomic mass is 9.97. The van der Waals surface area contributed by atoms with Crippen molar-refractivity contribution in [3.05, 3.63) is 212 Å². The van der Waals surface area contributed by atoms with Crippen molar-refractivity contribution >= 4 is 65.4 Å². The lowest BCUT2D eigenvalue weighted by Gasteiger charge is -2.10. The van der Waals surface area contributed by atoms with Crippen LogP contribution in [0.3, 0.4) is 0 Å². The Morgan fingerprint density at radius 1 is 0.193 bits per heavy atom. The van der Waals surface area contributed by atoms with Crippen molar-refractivity contribution in [2.45, 2.75) is 0 Å². The molecule has 0 bridgehead atoms. The van der Waals surface area contributed by atoms with Gasteiger partial charge in [0.1, 0.15) is 0 Å². The van der Waals surface area contributed by atoms with Crippen LogP contribution in [0.4, 0.5) is 0 Å². The first-order valence-corrected chi connectivity index (χ1v) is 19.6. The van der Waals surface area contributed by atoms with Crippen LogP contribution in [0.25, 0.3) is 105 Å². The van der Waals surface area contributed by atoms with E-state index in [9.17, 15) is 0 Å². The summed E-state index contributed by atoms with van der Waals surface area (Å²) in [6.45, 7) is 0. The second-order valence-electron chi connectivity index (χ2n) is 15.0. The second-order valence-corrected chi connectivity index (χ2v) is 15.0. The highest BCUT2D eigenvalue weighted by atomic mass is 15.0. The minimum Gasteiger partial charge on any atom is -0.309 e. The first kappa shape index (κ1) is 31.7. The van der Waals surface area contributed by atoms with Crippen LogP contribution in [-0.4, -0.2) is 13.7 Å². The molecule has 0 unspecified atom stereocenters. The van der Waals surface area contributed by atoms with Crippen LogP contribution in [0.15, 0.2) is 212 Å². The van der Waals surface area contributed by atoms with Crippen LogP contribution in [0.2, 0.25) is 0 Å². The molecule has 3 heterocycles. The Kier molecular flexibility index (Phi) is 6.93. The first-order valence-electron chi connectivity index (χ1n) is 19.6. The molecule has 0 spiro atoms. The van der Waals surface area contributed by atoms with Crippen molar-refractivity contribution in [2.24, 2.45) is 0 Å². The largest absolute Gasteiger partial charge is 0.309 e. The van der Waals surface area contributed by atoms with Gasteiger partial charge in [-0.25, -0.2) is 0 Å². The van der Waals surface area contributed by atoms with Crippen molar-refractivity contribution in [2.75, 3.05) is 0 Å². The van der Waals surface area contributed by atoms with Crippen LogP contribution in [0.5, 0.6) is 0 Å². The fourth-order valence-electron chi connectivity index (χ4n) is 9.26. The summed E-state index contributed by atoms with van der Waals surface area (Å²) < 4.78 is 7.21. The van der Waals surface area contributed by atoms with Crippen LogP contribution in [0.1, 0.15) is 0 Å². The van der Waals surface area contributed by atoms with Gasteiger partial charge in [-0.1, -0.05) is 121 Å². The number of rotatable bonds is 5. The summed E-state index contributed by atoms with van der Waals surface area (Å²) in [7, 11) is 0. The Morgan fingerprint density at radius 3 is 1.04 bits per heavy atom. The number of aromatic nitrogens is 3. The Balaban J connectivity index is 1.05. The van der Waals surface area contributed by atoms with Crippen molar-refractivity contribution < 1.29 is 0 Å². The zero-order chi connectivity index (χ0) is 37.5. The fourth-order valence-corrected chi connectivity index (χ4v) is 9.26. The Hall–Kier alpha value is -7.62. The Morgan fingerprint density at radius 2 is 0.544 bits per heavy atom. The summed E-state index contributed by atoms with van der Waals surface area (Å²) in [5.41, 5.74) is 15.5. The minimum absolute atomic E-state index is 1.15. The van der Waals surface area contributed by atoms with E-state index in [1.165, 1.54) is 93.4 Å². The molecule has 0 fully saturated rings. The third-order valence-electron chi connectivity index (χ3n) is 11.8. The molecule has 266 valence electrons. The molecule has 0 saturated heterocycles. The van der Waals surface area contributed by atoms with E-state index in [-0.39, 0.29) is 0 Å². The van der Waals surface area contributed by atoms with Crippen molar-refractivity contribution in [3.63, 3.8) is 0 Å². The normalized spacial score (nSPS) is 11.9. The molecule has 3 aromatic heterocycles. The molecule has 12 rings (SSSR count). The molecule has 0 radical (unpaired) electrons. The van der Waals surface area contributed by atoms with Crippen LogP contribution >= 0.6 is 0 Å². The van der Waals surface area contributed by atoms with Crippen LogP contribution in [-0.2, 0) is 0 Å². The Bertz CT molecular complexity index is 3500. The van der Waals surface area contributed by atoms with E-state index in [1.807, 2.05) is 0 Å². The molecule has 0 aliphatic rings. The molecule has 3 nitrogen and oxygen atoms in total. The van der Waals surface area contributed by atoms with Crippen molar-refractivity contribution in [3.8, 4) is 39.3 Å². The predicted molar refractivity (Wildman–Crippen MR) is 240 cm³/mol. The number of fused-ring (bicyclic) bond motifs is 9. The maximum atomic E-state index is 2.43. The molecule has 0 saturated carbocycles. The summed E-state index contributed by atoms with van der Waals surface area (Å²) in [4.78, 5) is 0. The molecule has 0 atom stereocenters. The number of benzene rings is 9. The number of para-hydroxylation sites is 5. The molecule has 0 aliphatic heterocycles. The van der Waals surface area contributed by atoms with Gasteiger partial charge in [-0.2, -0.15) is 0 Å². The average molecular weight is 726 g/mol. The topological polar surface area (TPSA) is 14.8 Å². The summed E-state index contributed by atoms with van der Waals surface area (Å²) in [5.74, 6) is 0. The third-order valence-corrected chi connectivity index (χ3v) is 11.8. The van der Waals surface area contributed by atoms with Gasteiger partial charge in [0.05, 0.1) is 33.1 Å². The zero-order valence-electron chi connectivity index (χ0n) is 31.0. The summed E-state index contributed by atoms with van der Waals surface area (Å²) in [6, 6.07) is 77.4. The quantitative estimate of drug-likeness (QED) is 0.168. The van der Waals surface area contributed by atoms with Gasteiger partial charge in [-0.15, -0.1) is 0 Å². The summed E-state index contributed by atoms with van der Waals surface area (Å²) in [5, 5.41) is 7.51. The smallest absolute Gasteiger partial charge is 0.0562 e. The molecule has 57 heavy (non-hydrogen) atoms. The van der Waals surface area contributed by atoms with Gasteiger partial charge in [0.15, 0.2) is 0 Å². The maximum absolute atomic E-state index is 2.43. The SMILES string of the molecule is c1ccc(-n2c3ccccc3c3cc(-c4cccc(-c5ccc6c(c5)c5cc7c8ccccc8n(-c8ccccc8)c7cc5n6-c5ccccc5)c4)ccc32)cc1. The van der Waals surface area contributed by atoms with Gasteiger partial charge >= 0.3 is 0 Å². The van der Waals surface area contributed by atoms with Gasteiger partial charge in [0.2, 0.25) is 0 Å². The van der Waals surface area contributed by atoms with Crippen LogP contribution in [0, 0.1) is 0 Å². The van der Waals surface area contributed by atoms with E-state index in [0.29, 0.717) is 0 Å². The lowest BCUT2D eigenvalue weighted by molar-refractivity contribution is 1.16. The maximum Gasteiger partial charge on any atom is 0.0562 e. The molecule has 9 aromatic carbocycles. The average Bonchev–Trinajstić information content (AvgIpc) is 3.91. The zero-order valence-corrected chi connectivity index (χ0v) is 31.0. The molecule has 0 N–H and O–H groups in total. The van der Waals surface area contributed by atoms with E-state index in [0.717, 1.165) is 11.4 Å². The highest BCUT2D eigenvalue weighted by Crippen LogP contribution is 2.41. The van der Waals surface area contributed by atoms with E-state index >= 15 is 0 Å². The van der Waals surface area contributed by atoms with E-state index in [2.05, 4.69) is 226 Å². The minimum atomic E-state index is 1.15. The van der Waals surface area contributed by atoms with Crippen molar-refractivity contribution in [1.82, 2.24) is 13.7 Å². The van der Waals surface area contributed by atoms with Gasteiger partial charge in [0, 0.05) is 49.4 Å². The number of nitrogens with zero attached hydrogens (tertiary/aromatic N) is 3. The number of hydrogen-bond acceptors (Lipinski definition) is 0. The molecule has 0 amide bonds. The third kappa shape index (κ3) is 4.86. The summed E-state index contributed by atoms with van der Waals surface area (Å²) in [6.07, 6.45) is 0. The predicted octanol–water partition coefficient (Wildman–Crippen LogP) is 14.3. The van der Waals surface area contributed by atoms with Gasteiger partial charge in [-0.05, 0) is 113 Å². The summed E-state index contributed by atoms with van der Waals surface area (Å²) >= 11 is 0. The van der Waals surface area contributed by atoms with Gasteiger partial charge in [0.25, 0.3) is 0 Å². The first-order chi connectivity index (χ1) is 28.3. The number of hydrogen-bond donors (Lipinski definition) is 0. The lowest BCUT2D eigenvalue weighted by Crippen LogP contribution is -1.95. The molecular formula is C54H35N3. The second kappa shape index (κ2) is 12.5. The van der Waals surface area contributed by atoms with E-state index < -0.39 is 0 Å². The fraction of sp³-hybridized carbons (Fsp3) is 0. The van der Waals surface area contributed by atoms with E-state index in [4.69, 9.17) is 0 Å². The monoisotopic (exact) mass is 725 g/mol. The van der Waals surface area contributed by atoms with Crippen molar-refractivity contribution in [1.29, 1.82) is 0 Å². The standard InChI is InChI=1S/C54H35N3/c1-4-17-40(18-5-1)55-49-25-12-10-23-43(49)45-32-38(27-29-51(45)55)36-15-14-16-37(31-36)39-28-30-52-46(33-39)48-34-47-44-24-11-13-26-50(44)56(41-19-6-2-7-20-41)53(47)35-54(48)57(52)42-21-8-3-9-22-42/h1-35H. The molecule has 12 aromatic rings. The molecule has 0 aliphatic carbocycles. The van der Waals surface area contributed by atoms with Gasteiger partial charge in [-0.3, -0.25) is 0 Å². The molecule has 3 heteroatoms.